The van der Waals surface area contributed by atoms with Crippen LogP contribution in [0.5, 0.6) is 0 Å². The zero-order valence-electron chi connectivity index (χ0n) is 7.69. The van der Waals surface area contributed by atoms with Crippen LogP contribution in [-0.4, -0.2) is 36.6 Å². The summed E-state index contributed by atoms with van der Waals surface area (Å²) in [6, 6.07) is 3.42. The number of hydrogen-bond acceptors (Lipinski definition) is 4. The monoisotopic (exact) mass is 191 g/mol. The molecule has 1 N–H and O–H groups in total. The van der Waals surface area contributed by atoms with Gasteiger partial charge < -0.3 is 10.1 Å². The van der Waals surface area contributed by atoms with E-state index >= 15 is 0 Å². The van der Waals surface area contributed by atoms with Crippen LogP contribution in [0.25, 0.3) is 0 Å². The van der Waals surface area contributed by atoms with Gasteiger partial charge in [-0.1, -0.05) is 0 Å². The zero-order chi connectivity index (χ0) is 9.80. The number of hydrogen-bond donors (Lipinski definition) is 1. The highest BCUT2D eigenvalue weighted by Gasteiger charge is 2.22. The summed E-state index contributed by atoms with van der Waals surface area (Å²) in [6.07, 6.45) is 3.87. The molecule has 4 nitrogen and oxygen atoms in total. The van der Waals surface area contributed by atoms with Crippen LogP contribution in [0.1, 0.15) is 10.4 Å². The molecule has 0 aliphatic carbocycles. The normalized spacial score (nSPS) is 21.9. The number of rotatable bonds is 2. The molecule has 4 heteroatoms. The van der Waals surface area contributed by atoms with E-state index < -0.39 is 0 Å². The van der Waals surface area contributed by atoms with Crippen molar-refractivity contribution in [2.24, 2.45) is 0 Å². The summed E-state index contributed by atoms with van der Waals surface area (Å²) in [5.41, 5.74) is 0.487. The molecule has 1 aromatic heterocycles. The fourth-order valence-electron chi connectivity index (χ4n) is 1.37. The van der Waals surface area contributed by atoms with Crippen LogP contribution in [0.4, 0.5) is 0 Å². The van der Waals surface area contributed by atoms with E-state index in [1.54, 1.807) is 18.3 Å². The Labute approximate surface area is 82.3 Å². The van der Waals surface area contributed by atoms with E-state index in [4.69, 9.17) is 4.74 Å². The third kappa shape index (κ3) is 1.97. The number of nitrogens with zero attached hydrogens (tertiary/aromatic N) is 1. The molecule has 1 aromatic rings. The van der Waals surface area contributed by atoms with Crippen LogP contribution < -0.4 is 5.32 Å². The van der Waals surface area contributed by atoms with E-state index in [1.165, 1.54) is 0 Å². The summed E-state index contributed by atoms with van der Waals surface area (Å²) >= 11 is 0. The maximum atomic E-state index is 11.8. The second kappa shape index (κ2) is 4.30. The van der Waals surface area contributed by atoms with Gasteiger partial charge in [0.05, 0.1) is 6.61 Å². The minimum absolute atomic E-state index is 0.0506. The van der Waals surface area contributed by atoms with Crippen molar-refractivity contribution in [3.8, 4) is 0 Å². The van der Waals surface area contributed by atoms with Crippen molar-refractivity contribution in [2.75, 3.05) is 19.7 Å². The van der Waals surface area contributed by atoms with E-state index in [-0.39, 0.29) is 11.9 Å². The molecule has 0 amide bonds. The van der Waals surface area contributed by atoms with Gasteiger partial charge in [0.2, 0.25) is 0 Å². The highest BCUT2D eigenvalue weighted by molar-refractivity contribution is 5.99. The quantitative estimate of drug-likeness (QED) is 0.671. The lowest BCUT2D eigenvalue weighted by Gasteiger charge is -2.22. The van der Waals surface area contributed by atoms with Gasteiger partial charge in [0.25, 0.3) is 0 Å². The first kappa shape index (κ1) is 9.30. The average Bonchev–Trinajstić information content (AvgIpc) is 2.30. The van der Waals surface area contributed by atoms with Crippen LogP contribution >= 0.6 is 0 Å². The van der Waals surface area contributed by atoms with Crippen molar-refractivity contribution >= 4 is 5.78 Å². The molecule has 0 saturated carbocycles. The molecule has 1 saturated heterocycles. The van der Waals surface area contributed by atoms with Crippen LogP contribution in [-0.2, 0) is 4.74 Å². The van der Waals surface area contributed by atoms with Crippen molar-refractivity contribution < 1.29 is 9.53 Å². The standard InChI is InChI=1S/C10H11N2O2/c13-10(8-2-1-3-11-6-8)9-7-12-4-5-14-9/h1-3,9,12H,4-5,7H2. The molecule has 1 unspecified atom stereocenters. The lowest BCUT2D eigenvalue weighted by Crippen LogP contribution is -2.43. The van der Waals surface area contributed by atoms with Gasteiger partial charge in [0.1, 0.15) is 12.3 Å². The number of pyridine rings is 1. The molecule has 2 rings (SSSR count). The van der Waals surface area contributed by atoms with Gasteiger partial charge in [0, 0.05) is 24.8 Å². The maximum Gasteiger partial charge on any atom is 0.195 e. The Hall–Kier alpha value is -1.26. The number of ketones is 1. The molecular formula is C10H11N2O2. The van der Waals surface area contributed by atoms with E-state index in [0.717, 1.165) is 6.54 Å². The largest absolute Gasteiger partial charge is 0.367 e. The molecule has 0 aromatic carbocycles. The molecule has 1 aliphatic rings. The summed E-state index contributed by atoms with van der Waals surface area (Å²) in [5.74, 6) is -0.0506. The van der Waals surface area contributed by atoms with E-state index in [0.29, 0.717) is 18.7 Å². The maximum absolute atomic E-state index is 11.8. The summed E-state index contributed by atoms with van der Waals surface area (Å²) in [6.45, 7) is 1.96. The Kier molecular flexibility index (Phi) is 2.86. The highest BCUT2D eigenvalue weighted by Crippen LogP contribution is 2.05. The van der Waals surface area contributed by atoms with Gasteiger partial charge in [-0.2, -0.15) is 0 Å². The lowest BCUT2D eigenvalue weighted by atomic mass is 10.1. The number of morpholine rings is 1. The Morgan fingerprint density at radius 3 is 3.29 bits per heavy atom. The van der Waals surface area contributed by atoms with Crippen LogP contribution in [0, 0.1) is 6.20 Å². The Morgan fingerprint density at radius 2 is 2.64 bits per heavy atom. The average molecular weight is 191 g/mol. The number of carbonyl (C=O) groups is 1. The molecule has 73 valence electrons. The first-order valence-electron chi connectivity index (χ1n) is 4.57. The Bertz CT molecular complexity index is 307. The van der Waals surface area contributed by atoms with Gasteiger partial charge in [-0.05, 0) is 12.1 Å². The van der Waals surface area contributed by atoms with Gasteiger partial charge in [-0.15, -0.1) is 0 Å². The van der Waals surface area contributed by atoms with Crippen molar-refractivity contribution in [2.45, 2.75) is 6.10 Å². The van der Waals surface area contributed by atoms with Crippen LogP contribution in [0.3, 0.4) is 0 Å². The fraction of sp³-hybridized carbons (Fsp3) is 0.400. The minimum Gasteiger partial charge on any atom is -0.367 e. The summed E-state index contributed by atoms with van der Waals surface area (Å²) in [7, 11) is 0. The van der Waals surface area contributed by atoms with Gasteiger partial charge in [0.15, 0.2) is 5.78 Å². The summed E-state index contributed by atoms with van der Waals surface area (Å²) in [5, 5.41) is 3.11. The second-order valence-corrected chi connectivity index (χ2v) is 3.09. The number of carbonyl (C=O) groups excluding carboxylic acids is 1. The van der Waals surface area contributed by atoms with E-state index in [1.807, 2.05) is 0 Å². The van der Waals surface area contributed by atoms with Crippen molar-refractivity contribution in [1.82, 2.24) is 10.3 Å². The van der Waals surface area contributed by atoms with E-state index in [2.05, 4.69) is 16.5 Å². The fourth-order valence-corrected chi connectivity index (χ4v) is 1.37. The van der Waals surface area contributed by atoms with E-state index in [9.17, 15) is 4.79 Å². The highest BCUT2D eigenvalue weighted by atomic mass is 16.5. The smallest absolute Gasteiger partial charge is 0.195 e. The molecule has 1 fully saturated rings. The van der Waals surface area contributed by atoms with Gasteiger partial charge in [-0.25, -0.2) is 0 Å². The van der Waals surface area contributed by atoms with Crippen molar-refractivity contribution in [1.29, 1.82) is 0 Å². The number of aromatic nitrogens is 1. The molecule has 0 bridgehead atoms. The minimum atomic E-state index is -0.385. The molecule has 0 spiro atoms. The molecule has 14 heavy (non-hydrogen) atoms. The summed E-state index contributed by atoms with van der Waals surface area (Å²) in [4.78, 5) is 15.5. The Morgan fingerprint density at radius 1 is 1.71 bits per heavy atom. The number of Topliss-reactive ketones (excluding diaryl/α,β-unsaturated/α-hetero) is 1. The molecule has 1 radical (unpaired) electrons. The van der Waals surface area contributed by atoms with Crippen LogP contribution in [0.2, 0.25) is 0 Å². The number of nitrogens with one attached hydrogen (secondary N) is 1. The van der Waals surface area contributed by atoms with Crippen LogP contribution in [0.15, 0.2) is 18.3 Å². The first-order valence-corrected chi connectivity index (χ1v) is 4.57. The van der Waals surface area contributed by atoms with Gasteiger partial charge >= 0.3 is 0 Å². The Balaban J connectivity index is 2.07. The SMILES string of the molecule is O=C(c1[c]nccc1)C1CNCCO1. The third-order valence-corrected chi connectivity index (χ3v) is 2.09. The molecule has 2 heterocycles. The zero-order valence-corrected chi connectivity index (χ0v) is 7.69. The third-order valence-electron chi connectivity index (χ3n) is 2.09. The molecule has 1 aliphatic heterocycles. The predicted molar refractivity (Wildman–Crippen MR) is 50.0 cm³/mol. The summed E-state index contributed by atoms with van der Waals surface area (Å²) < 4.78 is 5.33. The predicted octanol–water partition coefficient (Wildman–Crippen LogP) is 0.0529. The van der Waals surface area contributed by atoms with Crippen molar-refractivity contribution in [3.63, 3.8) is 0 Å². The topological polar surface area (TPSA) is 51.2 Å². The first-order chi connectivity index (χ1) is 6.88. The number of ether oxygens (including phenoxy) is 1. The second-order valence-electron chi connectivity index (χ2n) is 3.09. The molecule has 1 atom stereocenters. The lowest BCUT2D eigenvalue weighted by molar-refractivity contribution is 0.0269. The van der Waals surface area contributed by atoms with Gasteiger partial charge in [-0.3, -0.25) is 9.78 Å². The molecular weight excluding hydrogens is 180 g/mol. The van der Waals surface area contributed by atoms with Crippen molar-refractivity contribution in [3.05, 3.63) is 30.1 Å².